The number of aromatic hydroxyl groups is 2. The standard InChI is InChI=1S/C10H12O2/c11-9-5-6-10(12)8-4-2-1-3-7(8)9/h5-6,11-12H,1-4H2. The molecule has 12 heavy (non-hydrogen) atoms. The second-order valence-electron chi connectivity index (χ2n) is 3.27. The normalized spacial score (nSPS) is 15.7. The van der Waals surface area contributed by atoms with Crippen molar-refractivity contribution >= 4 is 0 Å². The van der Waals surface area contributed by atoms with E-state index in [1.165, 1.54) is 0 Å². The second kappa shape index (κ2) is 2.70. The Kier molecular flexibility index (Phi) is 1.68. The Hall–Kier alpha value is -1.18. The van der Waals surface area contributed by atoms with Gasteiger partial charge in [0, 0.05) is 11.1 Å². The summed E-state index contributed by atoms with van der Waals surface area (Å²) in [5.41, 5.74) is 1.89. The Morgan fingerprint density at radius 1 is 0.833 bits per heavy atom. The molecule has 1 aromatic carbocycles. The summed E-state index contributed by atoms with van der Waals surface area (Å²) in [6.07, 6.45) is 4.03. The van der Waals surface area contributed by atoms with Crippen LogP contribution >= 0.6 is 0 Å². The van der Waals surface area contributed by atoms with Gasteiger partial charge in [-0.25, -0.2) is 0 Å². The molecular formula is C10H12O2. The van der Waals surface area contributed by atoms with Crippen LogP contribution in [-0.2, 0) is 12.8 Å². The largest absolute Gasteiger partial charge is 0.508 e. The molecule has 2 heteroatoms. The van der Waals surface area contributed by atoms with Crippen molar-refractivity contribution in [3.05, 3.63) is 23.3 Å². The van der Waals surface area contributed by atoms with Gasteiger partial charge >= 0.3 is 0 Å². The van der Waals surface area contributed by atoms with Crippen molar-refractivity contribution in [1.82, 2.24) is 0 Å². The number of phenolic OH excluding ortho intramolecular Hbond substituents is 2. The van der Waals surface area contributed by atoms with Crippen LogP contribution in [0.1, 0.15) is 24.0 Å². The first kappa shape index (κ1) is 7.47. The Morgan fingerprint density at radius 3 is 1.67 bits per heavy atom. The summed E-state index contributed by atoms with van der Waals surface area (Å²) in [7, 11) is 0. The topological polar surface area (TPSA) is 40.5 Å². The average molecular weight is 164 g/mol. The minimum atomic E-state index is 0.336. The van der Waals surface area contributed by atoms with Gasteiger partial charge in [0.1, 0.15) is 11.5 Å². The zero-order valence-electron chi connectivity index (χ0n) is 6.88. The third-order valence-electron chi connectivity index (χ3n) is 2.49. The van der Waals surface area contributed by atoms with E-state index in [4.69, 9.17) is 0 Å². The van der Waals surface area contributed by atoms with Gasteiger partial charge in [0.25, 0.3) is 0 Å². The molecule has 1 aromatic rings. The van der Waals surface area contributed by atoms with Gasteiger partial charge in [0.2, 0.25) is 0 Å². The lowest BCUT2D eigenvalue weighted by atomic mass is 9.90. The molecule has 0 saturated heterocycles. The smallest absolute Gasteiger partial charge is 0.119 e. The van der Waals surface area contributed by atoms with Crippen LogP contribution in [0.2, 0.25) is 0 Å². The molecule has 0 atom stereocenters. The van der Waals surface area contributed by atoms with Crippen molar-refractivity contribution in [2.45, 2.75) is 25.7 Å². The first-order chi connectivity index (χ1) is 5.79. The lowest BCUT2D eigenvalue weighted by Gasteiger charge is -2.17. The molecule has 0 bridgehead atoms. The number of rotatable bonds is 0. The van der Waals surface area contributed by atoms with Gasteiger partial charge in [0.15, 0.2) is 0 Å². The van der Waals surface area contributed by atoms with Crippen LogP contribution < -0.4 is 0 Å². The zero-order valence-corrected chi connectivity index (χ0v) is 6.88. The van der Waals surface area contributed by atoms with Crippen molar-refractivity contribution < 1.29 is 10.2 Å². The Bertz CT molecular complexity index is 274. The highest BCUT2D eigenvalue weighted by atomic mass is 16.3. The fourth-order valence-corrected chi connectivity index (χ4v) is 1.83. The van der Waals surface area contributed by atoms with Gasteiger partial charge in [0.05, 0.1) is 0 Å². The Morgan fingerprint density at radius 2 is 1.25 bits per heavy atom. The van der Waals surface area contributed by atoms with E-state index in [1.54, 1.807) is 12.1 Å². The fourth-order valence-electron chi connectivity index (χ4n) is 1.83. The molecule has 0 saturated carbocycles. The number of phenols is 2. The minimum Gasteiger partial charge on any atom is -0.508 e. The van der Waals surface area contributed by atoms with Gasteiger partial charge in [-0.3, -0.25) is 0 Å². The molecule has 0 fully saturated rings. The van der Waals surface area contributed by atoms with Crippen LogP contribution in [0.3, 0.4) is 0 Å². The summed E-state index contributed by atoms with van der Waals surface area (Å²) in [4.78, 5) is 0. The first-order valence-electron chi connectivity index (χ1n) is 4.32. The van der Waals surface area contributed by atoms with E-state index in [0.29, 0.717) is 11.5 Å². The number of benzene rings is 1. The predicted octanol–water partition coefficient (Wildman–Crippen LogP) is 1.98. The SMILES string of the molecule is Oc1ccc(O)c2c1CCCC2. The molecule has 64 valence electrons. The molecule has 0 amide bonds. The summed E-state index contributed by atoms with van der Waals surface area (Å²) >= 11 is 0. The van der Waals surface area contributed by atoms with E-state index in [2.05, 4.69) is 0 Å². The van der Waals surface area contributed by atoms with E-state index < -0.39 is 0 Å². The molecule has 0 aromatic heterocycles. The third-order valence-corrected chi connectivity index (χ3v) is 2.49. The molecule has 1 aliphatic carbocycles. The van der Waals surface area contributed by atoms with E-state index in [9.17, 15) is 10.2 Å². The molecule has 2 N–H and O–H groups in total. The van der Waals surface area contributed by atoms with Crippen LogP contribution in [0.4, 0.5) is 0 Å². The summed E-state index contributed by atoms with van der Waals surface area (Å²) in [5.74, 6) is 0.671. The number of hydrogen-bond acceptors (Lipinski definition) is 2. The van der Waals surface area contributed by atoms with E-state index in [-0.39, 0.29) is 0 Å². The molecule has 0 radical (unpaired) electrons. The number of hydrogen-bond donors (Lipinski definition) is 2. The molecule has 0 spiro atoms. The van der Waals surface area contributed by atoms with Crippen LogP contribution in [0, 0.1) is 0 Å². The maximum Gasteiger partial charge on any atom is 0.119 e. The Labute approximate surface area is 71.5 Å². The number of fused-ring (bicyclic) bond motifs is 1. The van der Waals surface area contributed by atoms with Crippen molar-refractivity contribution in [3.63, 3.8) is 0 Å². The maximum atomic E-state index is 9.47. The van der Waals surface area contributed by atoms with Gasteiger partial charge in [-0.15, -0.1) is 0 Å². The fraction of sp³-hybridized carbons (Fsp3) is 0.400. The van der Waals surface area contributed by atoms with Crippen LogP contribution in [-0.4, -0.2) is 10.2 Å². The highest BCUT2D eigenvalue weighted by molar-refractivity contribution is 5.48. The van der Waals surface area contributed by atoms with Gasteiger partial charge in [-0.2, -0.15) is 0 Å². The molecule has 2 nitrogen and oxygen atoms in total. The second-order valence-corrected chi connectivity index (χ2v) is 3.27. The van der Waals surface area contributed by atoms with E-state index in [1.807, 2.05) is 0 Å². The monoisotopic (exact) mass is 164 g/mol. The maximum absolute atomic E-state index is 9.47. The van der Waals surface area contributed by atoms with Crippen LogP contribution in [0.15, 0.2) is 12.1 Å². The lowest BCUT2D eigenvalue weighted by Crippen LogP contribution is -2.02. The molecule has 1 aliphatic rings. The van der Waals surface area contributed by atoms with Crippen molar-refractivity contribution in [2.75, 3.05) is 0 Å². The third kappa shape index (κ3) is 1.04. The summed E-state index contributed by atoms with van der Waals surface area (Å²) in [6.45, 7) is 0. The van der Waals surface area contributed by atoms with Crippen molar-refractivity contribution in [1.29, 1.82) is 0 Å². The van der Waals surface area contributed by atoms with Gasteiger partial charge in [-0.05, 0) is 37.8 Å². The van der Waals surface area contributed by atoms with E-state index in [0.717, 1.165) is 36.8 Å². The molecule has 0 unspecified atom stereocenters. The molecule has 2 rings (SSSR count). The van der Waals surface area contributed by atoms with E-state index >= 15 is 0 Å². The average Bonchev–Trinajstić information content (AvgIpc) is 2.12. The quantitative estimate of drug-likeness (QED) is 0.575. The minimum absolute atomic E-state index is 0.336. The molecular weight excluding hydrogens is 152 g/mol. The van der Waals surface area contributed by atoms with Crippen molar-refractivity contribution in [3.8, 4) is 11.5 Å². The first-order valence-corrected chi connectivity index (χ1v) is 4.32. The summed E-state index contributed by atoms with van der Waals surface area (Å²) in [5, 5.41) is 18.9. The zero-order chi connectivity index (χ0) is 8.55. The Balaban J connectivity index is 2.57. The van der Waals surface area contributed by atoms with Crippen LogP contribution in [0.25, 0.3) is 0 Å². The highest BCUT2D eigenvalue weighted by Gasteiger charge is 2.15. The summed E-state index contributed by atoms with van der Waals surface area (Å²) < 4.78 is 0. The summed E-state index contributed by atoms with van der Waals surface area (Å²) in [6, 6.07) is 3.14. The van der Waals surface area contributed by atoms with Crippen LogP contribution in [0.5, 0.6) is 11.5 Å². The predicted molar refractivity (Wildman–Crippen MR) is 46.4 cm³/mol. The molecule has 0 heterocycles. The van der Waals surface area contributed by atoms with Crippen molar-refractivity contribution in [2.24, 2.45) is 0 Å². The lowest BCUT2D eigenvalue weighted by molar-refractivity contribution is 0.439. The highest BCUT2D eigenvalue weighted by Crippen LogP contribution is 2.34. The van der Waals surface area contributed by atoms with Gasteiger partial charge < -0.3 is 10.2 Å². The van der Waals surface area contributed by atoms with Gasteiger partial charge in [-0.1, -0.05) is 0 Å². The molecule has 0 aliphatic heterocycles.